The van der Waals surface area contributed by atoms with Crippen LogP contribution in [0.3, 0.4) is 0 Å². The van der Waals surface area contributed by atoms with Gasteiger partial charge in [0.15, 0.2) is 0 Å². The molecule has 2 aromatic heterocycles. The molecule has 128 valence electrons. The molecule has 2 N–H and O–H groups in total. The van der Waals surface area contributed by atoms with E-state index >= 15 is 0 Å². The third-order valence-electron chi connectivity index (χ3n) is 3.66. The van der Waals surface area contributed by atoms with E-state index in [1.54, 1.807) is 18.2 Å². The molecule has 1 aromatic carbocycles. The number of aromatic nitrogens is 2. The number of hydrogen-bond donors (Lipinski definition) is 2. The van der Waals surface area contributed by atoms with E-state index in [0.29, 0.717) is 11.3 Å². The first-order valence-corrected chi connectivity index (χ1v) is 7.78. The number of nitrogens with zero attached hydrogens (tertiary/aromatic N) is 1. The molecular formula is C18H17N3O4. The Bertz CT molecular complexity index is 1010. The third-order valence-corrected chi connectivity index (χ3v) is 3.66. The molecule has 0 saturated heterocycles. The maximum absolute atomic E-state index is 12.3. The molecule has 3 aromatic rings. The van der Waals surface area contributed by atoms with E-state index in [9.17, 15) is 14.4 Å². The first-order chi connectivity index (χ1) is 12.0. The maximum atomic E-state index is 12.3. The Morgan fingerprint density at radius 1 is 1.16 bits per heavy atom. The highest BCUT2D eigenvalue weighted by molar-refractivity contribution is 5.95. The van der Waals surface area contributed by atoms with E-state index in [4.69, 9.17) is 4.42 Å². The smallest absolute Gasteiger partial charge is 0.265 e. The fraction of sp³-hybridized carbons (Fsp3) is 0.167. The SMILES string of the molecule is Cc1ccc(-c2cccc(C(=O)NCCn3[nH]c(=O)ccc3=O)c2)o1. The lowest BCUT2D eigenvalue weighted by Gasteiger charge is -2.08. The van der Waals surface area contributed by atoms with Crippen molar-refractivity contribution in [3.63, 3.8) is 0 Å². The average Bonchev–Trinajstić information content (AvgIpc) is 3.04. The van der Waals surface area contributed by atoms with Gasteiger partial charge in [-0.25, -0.2) is 4.68 Å². The highest BCUT2D eigenvalue weighted by atomic mass is 16.3. The van der Waals surface area contributed by atoms with Crippen molar-refractivity contribution in [2.45, 2.75) is 13.5 Å². The molecule has 1 amide bonds. The van der Waals surface area contributed by atoms with Crippen molar-refractivity contribution in [1.82, 2.24) is 15.1 Å². The summed E-state index contributed by atoms with van der Waals surface area (Å²) in [4.78, 5) is 35.1. The van der Waals surface area contributed by atoms with Gasteiger partial charge >= 0.3 is 0 Å². The monoisotopic (exact) mass is 339 g/mol. The predicted molar refractivity (Wildman–Crippen MR) is 92.5 cm³/mol. The van der Waals surface area contributed by atoms with Crippen molar-refractivity contribution in [2.24, 2.45) is 0 Å². The fourth-order valence-corrected chi connectivity index (χ4v) is 2.42. The van der Waals surface area contributed by atoms with Crippen molar-refractivity contribution in [1.29, 1.82) is 0 Å². The van der Waals surface area contributed by atoms with Crippen LogP contribution in [0.2, 0.25) is 0 Å². The van der Waals surface area contributed by atoms with Crippen molar-refractivity contribution in [3.8, 4) is 11.3 Å². The van der Waals surface area contributed by atoms with Crippen LogP contribution in [-0.4, -0.2) is 22.2 Å². The van der Waals surface area contributed by atoms with E-state index in [1.807, 2.05) is 25.1 Å². The number of benzene rings is 1. The maximum Gasteiger partial charge on any atom is 0.265 e. The molecule has 2 heterocycles. The van der Waals surface area contributed by atoms with Gasteiger partial charge < -0.3 is 9.73 Å². The summed E-state index contributed by atoms with van der Waals surface area (Å²) in [7, 11) is 0. The molecule has 0 fully saturated rings. The van der Waals surface area contributed by atoms with Crippen LogP contribution in [0.15, 0.2) is 62.5 Å². The lowest BCUT2D eigenvalue weighted by Crippen LogP contribution is -2.34. The molecule has 0 saturated carbocycles. The molecule has 0 radical (unpaired) electrons. The molecule has 0 aliphatic rings. The molecule has 0 atom stereocenters. The number of H-pyrrole nitrogens is 1. The third kappa shape index (κ3) is 3.95. The molecule has 0 unspecified atom stereocenters. The van der Waals surface area contributed by atoms with Crippen LogP contribution < -0.4 is 16.4 Å². The van der Waals surface area contributed by atoms with Gasteiger partial charge in [0.25, 0.3) is 17.0 Å². The number of nitrogens with one attached hydrogen (secondary N) is 2. The highest BCUT2D eigenvalue weighted by Crippen LogP contribution is 2.22. The number of carbonyl (C=O) groups is 1. The summed E-state index contributed by atoms with van der Waals surface area (Å²) in [5, 5.41) is 5.13. The predicted octanol–water partition coefficient (Wildman–Crippen LogP) is 1.54. The summed E-state index contributed by atoms with van der Waals surface area (Å²) < 4.78 is 6.72. The van der Waals surface area contributed by atoms with E-state index in [1.165, 1.54) is 12.1 Å². The van der Waals surface area contributed by atoms with Crippen LogP contribution in [0, 0.1) is 6.92 Å². The van der Waals surface area contributed by atoms with Crippen LogP contribution in [0.25, 0.3) is 11.3 Å². The van der Waals surface area contributed by atoms with Crippen LogP contribution in [0.4, 0.5) is 0 Å². The summed E-state index contributed by atoms with van der Waals surface area (Å²) >= 11 is 0. The average molecular weight is 339 g/mol. The van der Waals surface area contributed by atoms with Crippen LogP contribution in [0.5, 0.6) is 0 Å². The minimum atomic E-state index is -0.368. The molecule has 0 aliphatic heterocycles. The molecule has 0 spiro atoms. The summed E-state index contributed by atoms with van der Waals surface area (Å²) in [5.41, 5.74) is 0.598. The zero-order valence-corrected chi connectivity index (χ0v) is 13.6. The van der Waals surface area contributed by atoms with Gasteiger partial charge in [-0.2, -0.15) is 0 Å². The topological polar surface area (TPSA) is 97.1 Å². The van der Waals surface area contributed by atoms with Crippen molar-refractivity contribution in [2.75, 3.05) is 6.54 Å². The number of amides is 1. The van der Waals surface area contributed by atoms with Crippen LogP contribution in [0.1, 0.15) is 16.1 Å². The van der Waals surface area contributed by atoms with Gasteiger partial charge in [-0.3, -0.25) is 19.5 Å². The zero-order chi connectivity index (χ0) is 17.8. The Labute approximate surface area is 142 Å². The van der Waals surface area contributed by atoms with E-state index < -0.39 is 0 Å². The molecule has 7 heteroatoms. The Balaban J connectivity index is 1.66. The molecule has 0 bridgehead atoms. The fourth-order valence-electron chi connectivity index (χ4n) is 2.42. The second-order valence-corrected chi connectivity index (χ2v) is 5.55. The van der Waals surface area contributed by atoms with E-state index in [2.05, 4.69) is 10.4 Å². The van der Waals surface area contributed by atoms with Gasteiger partial charge in [-0.1, -0.05) is 12.1 Å². The Hall–Kier alpha value is -3.35. The number of furan rings is 1. The first kappa shape index (κ1) is 16.5. The van der Waals surface area contributed by atoms with Gasteiger partial charge in [0.1, 0.15) is 11.5 Å². The second kappa shape index (κ2) is 7.04. The lowest BCUT2D eigenvalue weighted by atomic mass is 10.1. The molecule has 7 nitrogen and oxygen atoms in total. The van der Waals surface area contributed by atoms with E-state index in [0.717, 1.165) is 16.0 Å². The van der Waals surface area contributed by atoms with Crippen molar-refractivity contribution < 1.29 is 9.21 Å². The number of rotatable bonds is 5. The largest absolute Gasteiger partial charge is 0.461 e. The van der Waals surface area contributed by atoms with Gasteiger partial charge in [0, 0.05) is 29.8 Å². The zero-order valence-electron chi connectivity index (χ0n) is 13.6. The molecule has 25 heavy (non-hydrogen) atoms. The number of hydrogen-bond acceptors (Lipinski definition) is 4. The summed E-state index contributed by atoms with van der Waals surface area (Å²) in [6.07, 6.45) is 0. The highest BCUT2D eigenvalue weighted by Gasteiger charge is 2.09. The standard InChI is InChI=1S/C18H17N3O4/c1-12-5-6-15(25-12)13-3-2-4-14(11-13)18(24)19-9-10-21-17(23)8-7-16(22)20-21/h2-8,11H,9-10H2,1H3,(H,19,24)(H,20,22). The van der Waals surface area contributed by atoms with Gasteiger partial charge in [-0.05, 0) is 31.2 Å². The first-order valence-electron chi connectivity index (χ1n) is 7.78. The summed E-state index contributed by atoms with van der Waals surface area (Å²) in [6, 6.07) is 13.2. The van der Waals surface area contributed by atoms with Gasteiger partial charge in [0.05, 0.1) is 6.54 Å². The molecule has 0 aliphatic carbocycles. The summed E-state index contributed by atoms with van der Waals surface area (Å²) in [5.74, 6) is 1.23. The van der Waals surface area contributed by atoms with E-state index in [-0.39, 0.29) is 30.1 Å². The van der Waals surface area contributed by atoms with Crippen molar-refractivity contribution in [3.05, 3.63) is 80.6 Å². The number of aryl methyl sites for hydroxylation is 1. The lowest BCUT2D eigenvalue weighted by molar-refractivity contribution is 0.0951. The summed E-state index contributed by atoms with van der Waals surface area (Å²) in [6.45, 7) is 2.25. The van der Waals surface area contributed by atoms with Gasteiger partial charge in [-0.15, -0.1) is 0 Å². The van der Waals surface area contributed by atoms with Gasteiger partial charge in [0.2, 0.25) is 0 Å². The van der Waals surface area contributed by atoms with Crippen LogP contribution >= 0.6 is 0 Å². The Kier molecular flexibility index (Phi) is 4.65. The molecule has 3 rings (SSSR count). The Morgan fingerprint density at radius 2 is 2.00 bits per heavy atom. The van der Waals surface area contributed by atoms with Crippen LogP contribution in [-0.2, 0) is 6.54 Å². The number of carbonyl (C=O) groups excluding carboxylic acids is 1. The Morgan fingerprint density at radius 3 is 2.76 bits per heavy atom. The minimum absolute atomic E-state index is 0.178. The second-order valence-electron chi connectivity index (χ2n) is 5.55. The van der Waals surface area contributed by atoms with Crippen molar-refractivity contribution >= 4 is 5.91 Å². The minimum Gasteiger partial charge on any atom is -0.461 e. The molecular weight excluding hydrogens is 322 g/mol. The normalized spacial score (nSPS) is 10.6. The number of aromatic amines is 1. The quantitative estimate of drug-likeness (QED) is 0.737.